The van der Waals surface area contributed by atoms with Crippen molar-refractivity contribution < 1.29 is 8.78 Å². The second-order valence-electron chi connectivity index (χ2n) is 6.41. The molecule has 3 aromatic rings. The zero-order valence-electron chi connectivity index (χ0n) is 15.3. The van der Waals surface area contributed by atoms with Crippen molar-refractivity contribution in [1.82, 2.24) is 9.97 Å². The molecule has 0 fully saturated rings. The number of hydrogen-bond acceptors (Lipinski definition) is 4. The van der Waals surface area contributed by atoms with Crippen LogP contribution in [0.25, 0.3) is 11.3 Å². The molecule has 0 saturated carbocycles. The van der Waals surface area contributed by atoms with Gasteiger partial charge in [-0.2, -0.15) is 4.98 Å². The van der Waals surface area contributed by atoms with Crippen LogP contribution >= 0.6 is 0 Å². The Balaban J connectivity index is 1.87. The van der Waals surface area contributed by atoms with Crippen LogP contribution in [0.4, 0.5) is 20.5 Å². The summed E-state index contributed by atoms with van der Waals surface area (Å²) in [7, 11) is 0. The van der Waals surface area contributed by atoms with Gasteiger partial charge in [0.2, 0.25) is 5.95 Å². The van der Waals surface area contributed by atoms with Crippen LogP contribution in [-0.2, 0) is 6.54 Å². The fraction of sp³-hybridized carbons (Fsp3) is 0.238. The van der Waals surface area contributed by atoms with Crippen LogP contribution < -0.4 is 10.6 Å². The van der Waals surface area contributed by atoms with E-state index in [9.17, 15) is 8.78 Å². The lowest BCUT2D eigenvalue weighted by Crippen LogP contribution is -2.16. The average Bonchev–Trinajstić information content (AvgIpc) is 2.66. The highest BCUT2D eigenvalue weighted by molar-refractivity contribution is 5.64. The first kappa shape index (κ1) is 18.8. The van der Waals surface area contributed by atoms with Gasteiger partial charge in [-0.25, -0.2) is 13.8 Å². The van der Waals surface area contributed by atoms with Gasteiger partial charge in [0.1, 0.15) is 17.5 Å². The molecule has 0 aliphatic heterocycles. The Morgan fingerprint density at radius 3 is 2.33 bits per heavy atom. The van der Waals surface area contributed by atoms with Crippen LogP contribution in [0.2, 0.25) is 0 Å². The predicted octanol–water partition coefficient (Wildman–Crippen LogP) is 5.24. The standard InChI is InChI=1S/C21H22F2N4/c1-3-14(2)25-21-26-19(16-7-5-4-6-8-16)12-20(27-21)24-13-15-9-17(22)11-18(23)10-15/h4-12,14H,3,13H2,1-2H3,(H2,24,25,26,27)/t14-/m0/s1. The SMILES string of the molecule is CC[C@H](C)Nc1nc(NCc2cc(F)cc(F)c2)cc(-c2ccccc2)n1. The third kappa shape index (κ3) is 5.23. The molecule has 0 spiro atoms. The van der Waals surface area contributed by atoms with Crippen LogP contribution in [0.3, 0.4) is 0 Å². The average molecular weight is 368 g/mol. The van der Waals surface area contributed by atoms with Crippen LogP contribution in [0.15, 0.2) is 54.6 Å². The number of nitrogens with zero attached hydrogens (tertiary/aromatic N) is 2. The molecule has 0 saturated heterocycles. The summed E-state index contributed by atoms with van der Waals surface area (Å²) in [4.78, 5) is 9.08. The fourth-order valence-corrected chi connectivity index (χ4v) is 2.59. The highest BCUT2D eigenvalue weighted by atomic mass is 19.1. The number of aromatic nitrogens is 2. The Hall–Kier alpha value is -3.02. The summed E-state index contributed by atoms with van der Waals surface area (Å²) in [5.74, 6) is -0.102. The fourth-order valence-electron chi connectivity index (χ4n) is 2.59. The number of nitrogens with one attached hydrogen (secondary N) is 2. The Kier molecular flexibility index (Phi) is 5.96. The highest BCUT2D eigenvalue weighted by Gasteiger charge is 2.09. The van der Waals surface area contributed by atoms with Gasteiger partial charge in [-0.1, -0.05) is 37.3 Å². The monoisotopic (exact) mass is 368 g/mol. The Bertz CT molecular complexity index is 880. The maximum atomic E-state index is 13.4. The molecule has 140 valence electrons. The molecule has 0 amide bonds. The summed E-state index contributed by atoms with van der Waals surface area (Å²) >= 11 is 0. The maximum Gasteiger partial charge on any atom is 0.225 e. The summed E-state index contributed by atoms with van der Waals surface area (Å²) in [6.07, 6.45) is 0.935. The molecule has 1 aromatic heterocycles. The third-order valence-corrected chi connectivity index (χ3v) is 4.18. The quantitative estimate of drug-likeness (QED) is 0.598. The van der Waals surface area contributed by atoms with Gasteiger partial charge in [-0.3, -0.25) is 0 Å². The van der Waals surface area contributed by atoms with E-state index in [1.807, 2.05) is 36.4 Å². The minimum atomic E-state index is -0.599. The molecule has 3 rings (SSSR count). The second-order valence-corrected chi connectivity index (χ2v) is 6.41. The summed E-state index contributed by atoms with van der Waals surface area (Å²) in [5, 5.41) is 6.41. The van der Waals surface area contributed by atoms with Gasteiger partial charge in [0, 0.05) is 30.3 Å². The molecule has 27 heavy (non-hydrogen) atoms. The molecule has 0 unspecified atom stereocenters. The van der Waals surface area contributed by atoms with Gasteiger partial charge in [0.05, 0.1) is 5.69 Å². The summed E-state index contributed by atoms with van der Waals surface area (Å²) in [6, 6.07) is 15.3. The molecule has 4 nitrogen and oxygen atoms in total. The topological polar surface area (TPSA) is 49.8 Å². The van der Waals surface area contributed by atoms with Crippen molar-refractivity contribution >= 4 is 11.8 Å². The van der Waals surface area contributed by atoms with Crippen LogP contribution in [0.5, 0.6) is 0 Å². The van der Waals surface area contributed by atoms with Crippen LogP contribution in [0.1, 0.15) is 25.8 Å². The molecule has 2 N–H and O–H groups in total. The van der Waals surface area contributed by atoms with E-state index in [0.29, 0.717) is 17.3 Å². The molecule has 0 radical (unpaired) electrons. The van der Waals surface area contributed by atoms with Crippen molar-refractivity contribution in [3.63, 3.8) is 0 Å². The molecule has 0 bridgehead atoms. The van der Waals surface area contributed by atoms with Crippen LogP contribution in [-0.4, -0.2) is 16.0 Å². The van der Waals surface area contributed by atoms with Crippen molar-refractivity contribution in [3.8, 4) is 11.3 Å². The Morgan fingerprint density at radius 2 is 1.67 bits per heavy atom. The van der Waals surface area contributed by atoms with Crippen LogP contribution in [0, 0.1) is 11.6 Å². The predicted molar refractivity (Wildman–Crippen MR) is 105 cm³/mol. The lowest BCUT2D eigenvalue weighted by atomic mass is 10.1. The lowest BCUT2D eigenvalue weighted by Gasteiger charge is -2.15. The largest absolute Gasteiger partial charge is 0.366 e. The zero-order chi connectivity index (χ0) is 19.2. The van der Waals surface area contributed by atoms with E-state index in [0.717, 1.165) is 23.7 Å². The van der Waals surface area contributed by atoms with E-state index >= 15 is 0 Å². The van der Waals surface area contributed by atoms with Crippen molar-refractivity contribution in [2.24, 2.45) is 0 Å². The molecule has 2 aromatic carbocycles. The minimum Gasteiger partial charge on any atom is -0.366 e. The molecule has 1 atom stereocenters. The molecular formula is C21H22F2N4. The summed E-state index contributed by atoms with van der Waals surface area (Å²) < 4.78 is 26.8. The van der Waals surface area contributed by atoms with Crippen molar-refractivity contribution in [2.75, 3.05) is 10.6 Å². The Labute approximate surface area is 157 Å². The van der Waals surface area contributed by atoms with E-state index in [4.69, 9.17) is 0 Å². The molecule has 6 heteroatoms. The van der Waals surface area contributed by atoms with E-state index in [1.54, 1.807) is 0 Å². The van der Waals surface area contributed by atoms with Gasteiger partial charge >= 0.3 is 0 Å². The van der Waals surface area contributed by atoms with Gasteiger partial charge in [0.25, 0.3) is 0 Å². The van der Waals surface area contributed by atoms with Gasteiger partial charge < -0.3 is 10.6 Å². The van der Waals surface area contributed by atoms with E-state index in [1.165, 1.54) is 12.1 Å². The van der Waals surface area contributed by atoms with Crippen molar-refractivity contribution in [2.45, 2.75) is 32.9 Å². The molecule has 0 aliphatic carbocycles. The molecular weight excluding hydrogens is 346 g/mol. The van der Waals surface area contributed by atoms with Crippen molar-refractivity contribution in [1.29, 1.82) is 0 Å². The lowest BCUT2D eigenvalue weighted by molar-refractivity contribution is 0.580. The number of rotatable bonds is 7. The third-order valence-electron chi connectivity index (χ3n) is 4.18. The summed E-state index contributed by atoms with van der Waals surface area (Å²) in [6.45, 7) is 4.39. The molecule has 1 heterocycles. The molecule has 0 aliphatic rings. The second kappa shape index (κ2) is 8.58. The highest BCUT2D eigenvalue weighted by Crippen LogP contribution is 2.22. The van der Waals surface area contributed by atoms with Gasteiger partial charge in [-0.05, 0) is 31.0 Å². The maximum absolute atomic E-state index is 13.4. The first-order valence-corrected chi connectivity index (χ1v) is 8.93. The summed E-state index contributed by atoms with van der Waals surface area (Å²) in [5.41, 5.74) is 2.24. The minimum absolute atomic E-state index is 0.223. The number of hydrogen-bond donors (Lipinski definition) is 2. The first-order valence-electron chi connectivity index (χ1n) is 8.93. The zero-order valence-corrected chi connectivity index (χ0v) is 15.3. The van der Waals surface area contributed by atoms with E-state index in [2.05, 4.69) is 34.4 Å². The Morgan fingerprint density at radius 1 is 0.963 bits per heavy atom. The number of halogens is 2. The van der Waals surface area contributed by atoms with E-state index < -0.39 is 11.6 Å². The van der Waals surface area contributed by atoms with Crippen molar-refractivity contribution in [3.05, 3.63) is 71.8 Å². The van der Waals surface area contributed by atoms with Gasteiger partial charge in [0.15, 0.2) is 0 Å². The van der Waals surface area contributed by atoms with E-state index in [-0.39, 0.29) is 12.6 Å². The smallest absolute Gasteiger partial charge is 0.225 e. The number of benzene rings is 2. The first-order chi connectivity index (χ1) is 13.0. The van der Waals surface area contributed by atoms with Gasteiger partial charge in [-0.15, -0.1) is 0 Å². The number of anilines is 2. The normalized spacial score (nSPS) is 11.9.